The van der Waals surface area contributed by atoms with Gasteiger partial charge in [0.15, 0.2) is 0 Å². The Kier molecular flexibility index (Phi) is 4.04. The Morgan fingerprint density at radius 3 is 2.84 bits per heavy atom. The van der Waals surface area contributed by atoms with Crippen molar-refractivity contribution in [3.05, 3.63) is 24.3 Å². The Morgan fingerprint density at radius 2 is 2.16 bits per heavy atom. The number of benzene rings is 1. The Hall–Kier alpha value is -2.04. The molecular formula is C14H18N2O3. The van der Waals surface area contributed by atoms with E-state index in [1.807, 2.05) is 24.3 Å². The van der Waals surface area contributed by atoms with Crippen LogP contribution in [0, 0.1) is 0 Å². The summed E-state index contributed by atoms with van der Waals surface area (Å²) in [7, 11) is 1.58. The molecule has 5 nitrogen and oxygen atoms in total. The molecule has 1 aromatic carbocycles. The Labute approximate surface area is 112 Å². The summed E-state index contributed by atoms with van der Waals surface area (Å²) >= 11 is 0. The molecule has 1 fully saturated rings. The van der Waals surface area contributed by atoms with Crippen LogP contribution in [0.4, 0.5) is 5.69 Å². The number of carbonyl (C=O) groups is 2. The molecule has 1 heterocycles. The Morgan fingerprint density at radius 1 is 1.42 bits per heavy atom. The van der Waals surface area contributed by atoms with Crippen molar-refractivity contribution in [2.45, 2.75) is 25.8 Å². The first-order valence-electron chi connectivity index (χ1n) is 6.35. The van der Waals surface area contributed by atoms with Crippen molar-refractivity contribution in [2.24, 2.45) is 0 Å². The molecule has 19 heavy (non-hydrogen) atoms. The van der Waals surface area contributed by atoms with Gasteiger partial charge in [0.05, 0.1) is 12.8 Å². The molecule has 102 valence electrons. The maximum Gasteiger partial charge on any atom is 0.249 e. The van der Waals surface area contributed by atoms with E-state index in [9.17, 15) is 9.59 Å². The largest absolute Gasteiger partial charge is 0.495 e. The normalized spacial score (nSPS) is 19.2. The van der Waals surface area contributed by atoms with Crippen molar-refractivity contribution in [1.82, 2.24) is 5.32 Å². The molecule has 0 bridgehead atoms. The highest BCUT2D eigenvalue weighted by Crippen LogP contribution is 2.30. The third-order valence-corrected chi connectivity index (χ3v) is 3.19. The summed E-state index contributed by atoms with van der Waals surface area (Å²) in [5.74, 6) is 0.408. The molecule has 1 atom stereocenters. The molecule has 1 saturated heterocycles. The zero-order chi connectivity index (χ0) is 13.8. The highest BCUT2D eigenvalue weighted by atomic mass is 16.5. The lowest BCUT2D eigenvalue weighted by Crippen LogP contribution is -2.52. The molecule has 0 saturated carbocycles. The van der Waals surface area contributed by atoms with Gasteiger partial charge in [-0.25, -0.2) is 0 Å². The summed E-state index contributed by atoms with van der Waals surface area (Å²) in [6.45, 7) is 2.07. The van der Waals surface area contributed by atoms with Gasteiger partial charge in [-0.1, -0.05) is 12.1 Å². The maximum atomic E-state index is 12.4. The van der Waals surface area contributed by atoms with Crippen LogP contribution < -0.4 is 15.0 Å². The molecule has 0 spiro atoms. The van der Waals surface area contributed by atoms with Gasteiger partial charge in [0.25, 0.3) is 0 Å². The molecule has 1 aromatic rings. The number of hydrogen-bond acceptors (Lipinski definition) is 3. The Bertz CT molecular complexity index is 487. The van der Waals surface area contributed by atoms with Crippen LogP contribution in [0.25, 0.3) is 0 Å². The smallest absolute Gasteiger partial charge is 0.249 e. The number of anilines is 1. The van der Waals surface area contributed by atoms with Crippen molar-refractivity contribution in [3.8, 4) is 5.75 Å². The fourth-order valence-electron chi connectivity index (χ4n) is 2.35. The second-order valence-corrected chi connectivity index (χ2v) is 4.56. The second kappa shape index (κ2) is 5.73. The predicted octanol–water partition coefficient (Wildman–Crippen LogP) is 1.33. The van der Waals surface area contributed by atoms with Gasteiger partial charge in [0.1, 0.15) is 11.8 Å². The summed E-state index contributed by atoms with van der Waals surface area (Å²) in [4.78, 5) is 25.2. The van der Waals surface area contributed by atoms with Crippen LogP contribution in [-0.2, 0) is 9.59 Å². The Balaban J connectivity index is 2.24. The fraction of sp³-hybridized carbons (Fsp3) is 0.429. The van der Waals surface area contributed by atoms with E-state index in [0.29, 0.717) is 18.7 Å². The number of piperidine rings is 1. The van der Waals surface area contributed by atoms with Crippen LogP contribution in [0.5, 0.6) is 5.75 Å². The lowest BCUT2D eigenvalue weighted by Gasteiger charge is -2.33. The van der Waals surface area contributed by atoms with Crippen molar-refractivity contribution < 1.29 is 14.3 Å². The molecule has 1 unspecified atom stereocenters. The highest BCUT2D eigenvalue weighted by Gasteiger charge is 2.31. The first-order chi connectivity index (χ1) is 9.13. The van der Waals surface area contributed by atoms with E-state index < -0.39 is 6.04 Å². The van der Waals surface area contributed by atoms with Gasteiger partial charge in [0.2, 0.25) is 11.8 Å². The van der Waals surface area contributed by atoms with Gasteiger partial charge in [0, 0.05) is 13.5 Å². The molecule has 0 radical (unpaired) electrons. The van der Waals surface area contributed by atoms with E-state index in [1.54, 1.807) is 12.0 Å². The minimum absolute atomic E-state index is 0.0778. The van der Waals surface area contributed by atoms with Crippen molar-refractivity contribution in [3.63, 3.8) is 0 Å². The summed E-state index contributed by atoms with van der Waals surface area (Å²) in [6.07, 6.45) is 1.54. The van der Waals surface area contributed by atoms with Crippen LogP contribution in [-0.4, -0.2) is 31.5 Å². The van der Waals surface area contributed by atoms with Crippen LogP contribution in [0.15, 0.2) is 24.3 Å². The summed E-state index contributed by atoms with van der Waals surface area (Å²) in [5.41, 5.74) is 0.755. The average molecular weight is 262 g/mol. The van der Waals surface area contributed by atoms with Gasteiger partial charge in [-0.3, -0.25) is 9.59 Å². The summed E-state index contributed by atoms with van der Waals surface area (Å²) in [5, 5.41) is 2.70. The molecule has 2 amide bonds. The monoisotopic (exact) mass is 262 g/mol. The van der Waals surface area contributed by atoms with E-state index in [4.69, 9.17) is 4.74 Å². The van der Waals surface area contributed by atoms with E-state index in [2.05, 4.69) is 5.32 Å². The van der Waals surface area contributed by atoms with Crippen molar-refractivity contribution in [1.29, 1.82) is 0 Å². The lowest BCUT2D eigenvalue weighted by atomic mass is 10.0. The van der Waals surface area contributed by atoms with Crippen molar-refractivity contribution >= 4 is 17.5 Å². The third kappa shape index (κ3) is 2.86. The number of nitrogens with zero attached hydrogens (tertiary/aromatic N) is 1. The SMILES string of the molecule is COc1ccccc1N1CCCC(NC(C)=O)C1=O. The molecule has 0 aromatic heterocycles. The molecule has 2 rings (SSSR count). The number of para-hydroxylation sites is 2. The zero-order valence-electron chi connectivity index (χ0n) is 11.2. The summed E-state index contributed by atoms with van der Waals surface area (Å²) < 4.78 is 5.28. The number of rotatable bonds is 3. The molecule has 1 N–H and O–H groups in total. The number of amides is 2. The van der Waals surface area contributed by atoms with E-state index in [-0.39, 0.29) is 11.8 Å². The number of nitrogens with one attached hydrogen (secondary N) is 1. The summed E-state index contributed by atoms with van der Waals surface area (Å²) in [6, 6.07) is 6.98. The molecular weight excluding hydrogens is 244 g/mol. The minimum atomic E-state index is -0.434. The van der Waals surface area contributed by atoms with Crippen LogP contribution >= 0.6 is 0 Å². The first kappa shape index (κ1) is 13.4. The van der Waals surface area contributed by atoms with Gasteiger partial charge >= 0.3 is 0 Å². The topological polar surface area (TPSA) is 58.6 Å². The van der Waals surface area contributed by atoms with Gasteiger partial charge in [-0.15, -0.1) is 0 Å². The number of methoxy groups -OCH3 is 1. The van der Waals surface area contributed by atoms with Crippen LogP contribution in [0.2, 0.25) is 0 Å². The number of ether oxygens (including phenoxy) is 1. The van der Waals surface area contributed by atoms with Crippen molar-refractivity contribution in [2.75, 3.05) is 18.6 Å². The third-order valence-electron chi connectivity index (χ3n) is 3.19. The van der Waals surface area contributed by atoms with E-state index in [0.717, 1.165) is 12.1 Å². The number of carbonyl (C=O) groups excluding carboxylic acids is 2. The van der Waals surface area contributed by atoms with Crippen LogP contribution in [0.3, 0.4) is 0 Å². The second-order valence-electron chi connectivity index (χ2n) is 4.56. The quantitative estimate of drug-likeness (QED) is 0.894. The van der Waals surface area contributed by atoms with Gasteiger partial charge < -0.3 is 15.0 Å². The van der Waals surface area contributed by atoms with E-state index >= 15 is 0 Å². The van der Waals surface area contributed by atoms with E-state index in [1.165, 1.54) is 6.92 Å². The average Bonchev–Trinajstić information content (AvgIpc) is 2.41. The molecule has 1 aliphatic rings. The molecule has 5 heteroatoms. The highest BCUT2D eigenvalue weighted by molar-refractivity contribution is 6.00. The molecule has 0 aliphatic carbocycles. The zero-order valence-corrected chi connectivity index (χ0v) is 11.2. The minimum Gasteiger partial charge on any atom is -0.495 e. The van der Waals surface area contributed by atoms with Gasteiger partial charge in [-0.2, -0.15) is 0 Å². The number of hydrogen-bond donors (Lipinski definition) is 1. The molecule has 1 aliphatic heterocycles. The standard InChI is InChI=1S/C14H18N2O3/c1-10(17)15-11-6-5-9-16(14(11)18)12-7-3-4-8-13(12)19-2/h3-4,7-8,11H,5-6,9H2,1-2H3,(H,15,17). The predicted molar refractivity (Wildman–Crippen MR) is 72.2 cm³/mol. The maximum absolute atomic E-state index is 12.4. The van der Waals surface area contributed by atoms with Crippen LogP contribution in [0.1, 0.15) is 19.8 Å². The lowest BCUT2D eigenvalue weighted by molar-refractivity contribution is -0.127. The van der Waals surface area contributed by atoms with Gasteiger partial charge in [-0.05, 0) is 25.0 Å². The fourth-order valence-corrected chi connectivity index (χ4v) is 2.35. The first-order valence-corrected chi connectivity index (χ1v) is 6.35.